The maximum atomic E-state index is 12.1. The summed E-state index contributed by atoms with van der Waals surface area (Å²) in [7, 11) is 9.61. The molecular weight excluding hydrogens is 720 g/mol. The van der Waals surface area contributed by atoms with Gasteiger partial charge in [0.1, 0.15) is 41.2 Å². The number of hydrogen-bond acceptors (Lipinski definition) is 11. The third kappa shape index (κ3) is 11.4. The predicted octanol–water partition coefficient (Wildman–Crippen LogP) is 2.23. The number of amides is 1. The van der Waals surface area contributed by atoms with Crippen molar-refractivity contribution in [1.82, 2.24) is 19.9 Å². The fraction of sp³-hybridized carbons (Fsp3) is 0.190. The first kappa shape index (κ1) is 43.2. The Kier molecular flexibility index (Phi) is 17.4. The van der Waals surface area contributed by atoms with E-state index in [1.54, 1.807) is 54.2 Å². The summed E-state index contributed by atoms with van der Waals surface area (Å²) >= 11 is 0. The van der Waals surface area contributed by atoms with Gasteiger partial charge in [0.2, 0.25) is 0 Å². The summed E-state index contributed by atoms with van der Waals surface area (Å²) in [6, 6.07) is 30.5. The number of aromatic nitrogens is 4. The first-order chi connectivity index (χ1) is 26.4. The molecule has 2 heterocycles. The lowest BCUT2D eigenvalue weighted by Gasteiger charge is -2.10. The van der Waals surface area contributed by atoms with Crippen molar-refractivity contribution in [1.29, 1.82) is 0 Å². The summed E-state index contributed by atoms with van der Waals surface area (Å²) in [5.41, 5.74) is 12.7. The molecule has 1 amide bonds. The SMILES string of the molecule is CN.COc1ccc(Cc2cc(-c3ccccc3OC)ncn2)cc1C=O.C[NH2+]C(=O)c1cc(Cc2cc(-c3ccccc3OC)ncn2)ccc1OC.[Cl-]. The number of aldehydes is 1. The normalized spacial score (nSPS) is 9.95. The average Bonchev–Trinajstić information content (AvgIpc) is 3.24. The van der Waals surface area contributed by atoms with Gasteiger partial charge in [-0.3, -0.25) is 10.1 Å². The maximum absolute atomic E-state index is 12.1. The Morgan fingerprint density at radius 1 is 0.618 bits per heavy atom. The molecule has 0 bridgehead atoms. The molecule has 286 valence electrons. The van der Waals surface area contributed by atoms with Crippen LogP contribution in [0, 0.1) is 0 Å². The van der Waals surface area contributed by atoms with E-state index < -0.39 is 0 Å². The van der Waals surface area contributed by atoms with Crippen molar-refractivity contribution in [2.24, 2.45) is 5.73 Å². The second kappa shape index (κ2) is 22.1. The van der Waals surface area contributed by atoms with Gasteiger partial charge in [0.15, 0.2) is 6.29 Å². The molecule has 6 rings (SSSR count). The zero-order valence-electron chi connectivity index (χ0n) is 31.7. The summed E-state index contributed by atoms with van der Waals surface area (Å²) in [5.74, 6) is 2.60. The summed E-state index contributed by atoms with van der Waals surface area (Å²) in [4.78, 5) is 40.8. The number of para-hydroxylation sites is 2. The van der Waals surface area contributed by atoms with Gasteiger partial charge in [-0.1, -0.05) is 36.4 Å². The van der Waals surface area contributed by atoms with E-state index in [-0.39, 0.29) is 18.3 Å². The van der Waals surface area contributed by atoms with Crippen LogP contribution in [-0.4, -0.2) is 74.7 Å². The van der Waals surface area contributed by atoms with Crippen LogP contribution in [0.1, 0.15) is 43.2 Å². The molecule has 0 spiro atoms. The number of quaternary nitrogens is 1. The Labute approximate surface area is 327 Å². The Bertz CT molecular complexity index is 2170. The lowest BCUT2D eigenvalue weighted by molar-refractivity contribution is -0.523. The number of ether oxygens (including phenoxy) is 4. The second-order valence-electron chi connectivity index (χ2n) is 11.4. The number of benzene rings is 4. The summed E-state index contributed by atoms with van der Waals surface area (Å²) in [6.07, 6.45) is 5.06. The molecule has 0 aliphatic heterocycles. The first-order valence-electron chi connectivity index (χ1n) is 17.0. The molecule has 0 atom stereocenters. The zero-order valence-corrected chi connectivity index (χ0v) is 32.4. The summed E-state index contributed by atoms with van der Waals surface area (Å²) in [6.45, 7) is 0. The highest BCUT2D eigenvalue weighted by Crippen LogP contribution is 2.30. The Morgan fingerprint density at radius 3 is 1.53 bits per heavy atom. The molecule has 0 saturated heterocycles. The van der Waals surface area contributed by atoms with E-state index in [0.29, 0.717) is 35.5 Å². The minimum absolute atomic E-state index is 0. The van der Waals surface area contributed by atoms with Gasteiger partial charge < -0.3 is 37.1 Å². The second-order valence-corrected chi connectivity index (χ2v) is 11.4. The molecule has 6 aromatic rings. The number of halogens is 1. The molecule has 2 aromatic heterocycles. The molecule has 13 heteroatoms. The van der Waals surface area contributed by atoms with Crippen LogP contribution in [0.25, 0.3) is 22.5 Å². The maximum Gasteiger partial charge on any atom is 0.346 e. The van der Waals surface area contributed by atoms with Gasteiger partial charge >= 0.3 is 5.91 Å². The van der Waals surface area contributed by atoms with Crippen LogP contribution in [0.2, 0.25) is 0 Å². The van der Waals surface area contributed by atoms with Crippen molar-refractivity contribution >= 4 is 12.2 Å². The number of nitrogens with two attached hydrogens (primary N) is 2. The number of primary amides is 1. The van der Waals surface area contributed by atoms with Crippen LogP contribution in [0.3, 0.4) is 0 Å². The number of carbonyl (C=O) groups is 2. The van der Waals surface area contributed by atoms with Crippen LogP contribution in [0.15, 0.2) is 110 Å². The van der Waals surface area contributed by atoms with Crippen molar-refractivity contribution < 1.29 is 46.3 Å². The average molecular weight is 765 g/mol. The fourth-order valence-corrected chi connectivity index (χ4v) is 5.61. The minimum Gasteiger partial charge on any atom is -1.00 e. The Morgan fingerprint density at radius 2 is 1.07 bits per heavy atom. The van der Waals surface area contributed by atoms with Gasteiger partial charge in [-0.15, -0.1) is 0 Å². The van der Waals surface area contributed by atoms with E-state index in [1.807, 2.05) is 91.0 Å². The molecule has 0 radical (unpaired) electrons. The molecule has 0 aliphatic rings. The van der Waals surface area contributed by atoms with Crippen molar-refractivity contribution in [3.05, 3.63) is 143 Å². The number of nitrogens with zero attached hydrogens (tertiary/aromatic N) is 4. The van der Waals surface area contributed by atoms with Crippen LogP contribution < -0.4 is 42.4 Å². The van der Waals surface area contributed by atoms with Gasteiger partial charge in [-0.2, -0.15) is 0 Å². The lowest BCUT2D eigenvalue weighted by Crippen LogP contribution is -3.00. The van der Waals surface area contributed by atoms with E-state index in [2.05, 4.69) is 25.7 Å². The number of carbonyl (C=O) groups excluding carboxylic acids is 2. The van der Waals surface area contributed by atoms with Gasteiger partial charge in [0.05, 0.1) is 52.4 Å². The molecule has 0 fully saturated rings. The highest BCUT2D eigenvalue weighted by molar-refractivity contribution is 5.90. The number of hydrogen-bond donors (Lipinski definition) is 2. The molecule has 55 heavy (non-hydrogen) atoms. The summed E-state index contributed by atoms with van der Waals surface area (Å²) < 4.78 is 21.3. The number of rotatable bonds is 12. The van der Waals surface area contributed by atoms with Gasteiger partial charge in [-0.05, 0) is 78.8 Å². The Balaban J connectivity index is 0.000000279. The third-order valence-corrected chi connectivity index (χ3v) is 8.20. The molecule has 0 saturated carbocycles. The third-order valence-electron chi connectivity index (χ3n) is 8.20. The van der Waals surface area contributed by atoms with Gasteiger partial charge in [-0.25, -0.2) is 24.7 Å². The van der Waals surface area contributed by atoms with Crippen molar-refractivity contribution in [2.75, 3.05) is 42.5 Å². The van der Waals surface area contributed by atoms with E-state index >= 15 is 0 Å². The highest BCUT2D eigenvalue weighted by Gasteiger charge is 2.16. The standard InChI is InChI=1S/C21H21N3O3.C20H18N2O3.CH5N.ClH/c1-22-21(25)17-11-14(8-9-20(17)27-3)10-15-12-18(24-13-23-15)16-6-4-5-7-19(16)26-2;1-24-19-8-7-14(9-15(19)12-23)10-16-11-18(22-13-21-16)17-5-3-4-6-20(17)25-2;1-2;/h4-9,11-13H,10H2,1-3H3,(H,22,25);3-9,11-13H,10H2,1-2H3;2H2,1H3;1H. The molecular formula is C42H45ClN6O6. The van der Waals surface area contributed by atoms with Gasteiger partial charge in [0, 0.05) is 35.4 Å². The van der Waals surface area contributed by atoms with E-state index in [4.69, 9.17) is 18.9 Å². The fourth-order valence-electron chi connectivity index (χ4n) is 5.61. The van der Waals surface area contributed by atoms with Crippen LogP contribution in [0.4, 0.5) is 0 Å². The minimum atomic E-state index is -0.0638. The van der Waals surface area contributed by atoms with Gasteiger partial charge in [0.25, 0.3) is 0 Å². The van der Waals surface area contributed by atoms with Crippen LogP contribution >= 0.6 is 0 Å². The van der Waals surface area contributed by atoms with E-state index in [9.17, 15) is 9.59 Å². The zero-order chi connectivity index (χ0) is 38.9. The monoisotopic (exact) mass is 764 g/mol. The molecule has 4 N–H and O–H groups in total. The smallest absolute Gasteiger partial charge is 0.346 e. The highest BCUT2D eigenvalue weighted by atomic mass is 35.5. The van der Waals surface area contributed by atoms with Crippen molar-refractivity contribution in [3.8, 4) is 45.5 Å². The molecule has 12 nitrogen and oxygen atoms in total. The largest absolute Gasteiger partial charge is 1.00 e. The van der Waals surface area contributed by atoms with Crippen LogP contribution in [0.5, 0.6) is 23.0 Å². The molecule has 0 aliphatic carbocycles. The van der Waals surface area contributed by atoms with Crippen molar-refractivity contribution in [3.63, 3.8) is 0 Å². The van der Waals surface area contributed by atoms with Crippen LogP contribution in [-0.2, 0) is 12.8 Å². The van der Waals surface area contributed by atoms with Crippen molar-refractivity contribution in [2.45, 2.75) is 12.8 Å². The molecule has 0 unspecified atom stereocenters. The van der Waals surface area contributed by atoms with E-state index in [1.165, 1.54) is 12.4 Å². The topological polar surface area (TPSA) is 165 Å². The predicted molar refractivity (Wildman–Crippen MR) is 207 cm³/mol. The number of methoxy groups -OCH3 is 4. The summed E-state index contributed by atoms with van der Waals surface area (Å²) in [5, 5.41) is 1.53. The quantitative estimate of drug-likeness (QED) is 0.176. The first-order valence-corrected chi connectivity index (χ1v) is 17.0. The Hall–Kier alpha value is -6.21. The van der Waals surface area contributed by atoms with E-state index in [0.717, 1.165) is 62.8 Å². The molecule has 4 aromatic carbocycles. The lowest BCUT2D eigenvalue weighted by atomic mass is 10.0.